The molecule has 1 heterocycles. The van der Waals surface area contributed by atoms with E-state index in [0.29, 0.717) is 0 Å². The van der Waals surface area contributed by atoms with Gasteiger partial charge in [0.1, 0.15) is 11.7 Å². The van der Waals surface area contributed by atoms with E-state index in [-0.39, 0.29) is 17.8 Å². The van der Waals surface area contributed by atoms with E-state index in [1.165, 1.54) is 30.8 Å². The first-order valence-corrected chi connectivity index (χ1v) is 7.02. The van der Waals surface area contributed by atoms with Gasteiger partial charge in [0.25, 0.3) is 11.5 Å². The van der Waals surface area contributed by atoms with Crippen molar-refractivity contribution in [3.8, 4) is 0 Å². The van der Waals surface area contributed by atoms with Gasteiger partial charge in [-0.25, -0.2) is 9.48 Å². The number of hydrogen-bond donors (Lipinski definition) is 1. The fraction of sp³-hybridized carbons (Fsp3) is 0.250. The molecule has 7 nitrogen and oxygen atoms in total. The van der Waals surface area contributed by atoms with Crippen LogP contribution in [0.3, 0.4) is 0 Å². The molecule has 0 aliphatic carbocycles. The lowest BCUT2D eigenvalue weighted by molar-refractivity contribution is -0.142. The molecular formula is C16H17N3O4. The smallest absolute Gasteiger partial charge is 0.328 e. The maximum Gasteiger partial charge on any atom is 0.328 e. The van der Waals surface area contributed by atoms with Crippen LogP contribution in [0.5, 0.6) is 0 Å². The first-order valence-electron chi connectivity index (χ1n) is 7.02. The van der Waals surface area contributed by atoms with Crippen molar-refractivity contribution < 1.29 is 14.3 Å². The van der Waals surface area contributed by atoms with E-state index >= 15 is 0 Å². The normalized spacial score (nSPS) is 11.6. The zero-order valence-corrected chi connectivity index (χ0v) is 12.9. The number of nitrogens with one attached hydrogen (secondary N) is 1. The van der Waals surface area contributed by atoms with Crippen molar-refractivity contribution in [3.63, 3.8) is 0 Å². The lowest BCUT2D eigenvalue weighted by atomic mass is 10.2. The standard InChI is InChI=1S/C16H17N3O4/c1-11(16(22)23-2)17-15(21)13-8-9-14(20)19(18-13)10-12-6-4-3-5-7-12/h3-9,11H,10H2,1-2H3,(H,17,21)/t11-/m1/s1. The van der Waals surface area contributed by atoms with Crippen LogP contribution in [-0.2, 0) is 16.1 Å². The Labute approximate surface area is 132 Å². The molecule has 1 aromatic carbocycles. The number of carbonyl (C=O) groups is 2. The van der Waals surface area contributed by atoms with Gasteiger partial charge >= 0.3 is 5.97 Å². The van der Waals surface area contributed by atoms with E-state index in [1.54, 1.807) is 0 Å². The number of nitrogens with zero attached hydrogens (tertiary/aromatic N) is 2. The topological polar surface area (TPSA) is 90.3 Å². The highest BCUT2D eigenvalue weighted by molar-refractivity contribution is 5.94. The number of aromatic nitrogens is 2. The summed E-state index contributed by atoms with van der Waals surface area (Å²) in [6.07, 6.45) is 0. The highest BCUT2D eigenvalue weighted by atomic mass is 16.5. The molecule has 0 radical (unpaired) electrons. The second-order valence-electron chi connectivity index (χ2n) is 4.92. The number of benzene rings is 1. The van der Waals surface area contributed by atoms with E-state index in [0.717, 1.165) is 5.56 Å². The van der Waals surface area contributed by atoms with Crippen molar-refractivity contribution in [1.29, 1.82) is 0 Å². The minimum absolute atomic E-state index is 0.0521. The van der Waals surface area contributed by atoms with Crippen LogP contribution in [0.2, 0.25) is 0 Å². The number of hydrogen-bond acceptors (Lipinski definition) is 5. The van der Waals surface area contributed by atoms with E-state index in [9.17, 15) is 14.4 Å². The van der Waals surface area contributed by atoms with Crippen LogP contribution in [0.15, 0.2) is 47.3 Å². The number of ether oxygens (including phenoxy) is 1. The van der Waals surface area contributed by atoms with Crippen LogP contribution in [0.4, 0.5) is 0 Å². The van der Waals surface area contributed by atoms with E-state index in [2.05, 4.69) is 15.2 Å². The van der Waals surface area contributed by atoms with Gasteiger partial charge in [-0.15, -0.1) is 0 Å². The van der Waals surface area contributed by atoms with Gasteiger partial charge in [0.2, 0.25) is 0 Å². The maximum atomic E-state index is 12.1. The highest BCUT2D eigenvalue weighted by Crippen LogP contribution is 2.00. The molecule has 1 amide bonds. The molecule has 0 aliphatic heterocycles. The molecule has 0 bridgehead atoms. The van der Waals surface area contributed by atoms with Gasteiger partial charge in [-0.3, -0.25) is 9.59 Å². The monoisotopic (exact) mass is 315 g/mol. The highest BCUT2D eigenvalue weighted by Gasteiger charge is 2.18. The third-order valence-electron chi connectivity index (χ3n) is 3.18. The lowest BCUT2D eigenvalue weighted by Crippen LogP contribution is -2.40. The van der Waals surface area contributed by atoms with Crippen LogP contribution in [0.25, 0.3) is 0 Å². The average molecular weight is 315 g/mol. The van der Waals surface area contributed by atoms with Crippen molar-refractivity contribution in [2.24, 2.45) is 0 Å². The summed E-state index contributed by atoms with van der Waals surface area (Å²) in [5.41, 5.74) is 0.630. The van der Waals surface area contributed by atoms with Crippen molar-refractivity contribution in [1.82, 2.24) is 15.1 Å². The summed E-state index contributed by atoms with van der Waals surface area (Å²) in [6, 6.07) is 11.1. The molecule has 120 valence electrons. The lowest BCUT2D eigenvalue weighted by Gasteiger charge is -2.12. The first kappa shape index (κ1) is 16.4. The zero-order chi connectivity index (χ0) is 16.8. The number of methoxy groups -OCH3 is 1. The molecule has 0 saturated carbocycles. The molecule has 1 aromatic heterocycles. The van der Waals surface area contributed by atoms with Crippen molar-refractivity contribution in [2.75, 3.05) is 7.11 Å². The molecule has 0 aliphatic rings. The molecule has 0 unspecified atom stereocenters. The Bertz CT molecular complexity index is 755. The fourth-order valence-electron chi connectivity index (χ4n) is 1.95. The van der Waals surface area contributed by atoms with Gasteiger partial charge in [-0.1, -0.05) is 30.3 Å². The SMILES string of the molecule is COC(=O)[C@@H](C)NC(=O)c1ccc(=O)n(Cc2ccccc2)n1. The van der Waals surface area contributed by atoms with Crippen LogP contribution >= 0.6 is 0 Å². The summed E-state index contributed by atoms with van der Waals surface area (Å²) in [5, 5.41) is 6.51. The van der Waals surface area contributed by atoms with Gasteiger partial charge in [0.05, 0.1) is 13.7 Å². The summed E-state index contributed by atoms with van der Waals surface area (Å²) in [7, 11) is 1.24. The first-order chi connectivity index (χ1) is 11.0. The fourth-order valence-corrected chi connectivity index (χ4v) is 1.95. The molecule has 0 fully saturated rings. The minimum atomic E-state index is -0.802. The summed E-state index contributed by atoms with van der Waals surface area (Å²) in [4.78, 5) is 35.3. The Morgan fingerprint density at radius 2 is 1.91 bits per heavy atom. The summed E-state index contributed by atoms with van der Waals surface area (Å²) in [5.74, 6) is -1.11. The van der Waals surface area contributed by atoms with E-state index < -0.39 is 17.9 Å². The molecule has 2 rings (SSSR count). The molecular weight excluding hydrogens is 298 g/mol. The van der Waals surface area contributed by atoms with Crippen LogP contribution in [-0.4, -0.2) is 34.8 Å². The molecule has 1 atom stereocenters. The molecule has 1 N–H and O–H groups in total. The van der Waals surface area contributed by atoms with Gasteiger partial charge in [-0.05, 0) is 18.6 Å². The van der Waals surface area contributed by atoms with Crippen molar-refractivity contribution in [2.45, 2.75) is 19.5 Å². The Morgan fingerprint density at radius 3 is 2.57 bits per heavy atom. The van der Waals surface area contributed by atoms with Gasteiger partial charge in [0.15, 0.2) is 0 Å². The third kappa shape index (κ3) is 4.26. The van der Waals surface area contributed by atoms with Gasteiger partial charge in [0, 0.05) is 6.07 Å². The van der Waals surface area contributed by atoms with Crippen LogP contribution < -0.4 is 10.9 Å². The second kappa shape index (κ2) is 7.35. The Morgan fingerprint density at radius 1 is 1.22 bits per heavy atom. The molecule has 2 aromatic rings. The molecule has 0 spiro atoms. The summed E-state index contributed by atoms with van der Waals surface area (Å²) >= 11 is 0. The largest absolute Gasteiger partial charge is 0.467 e. The second-order valence-corrected chi connectivity index (χ2v) is 4.92. The summed E-state index contributed by atoms with van der Waals surface area (Å²) in [6.45, 7) is 1.76. The zero-order valence-electron chi connectivity index (χ0n) is 12.9. The number of carbonyl (C=O) groups excluding carboxylic acids is 2. The van der Waals surface area contributed by atoms with E-state index in [4.69, 9.17) is 0 Å². The van der Waals surface area contributed by atoms with Gasteiger partial charge in [-0.2, -0.15) is 5.10 Å². The van der Waals surface area contributed by atoms with E-state index in [1.807, 2.05) is 30.3 Å². The maximum absolute atomic E-state index is 12.1. The number of esters is 1. The predicted molar refractivity (Wildman–Crippen MR) is 83.0 cm³/mol. The predicted octanol–water partition coefficient (Wildman–Crippen LogP) is 0.583. The summed E-state index contributed by atoms with van der Waals surface area (Å²) < 4.78 is 5.74. The van der Waals surface area contributed by atoms with Gasteiger partial charge < -0.3 is 10.1 Å². The molecule has 23 heavy (non-hydrogen) atoms. The van der Waals surface area contributed by atoms with Crippen molar-refractivity contribution in [3.05, 3.63) is 64.1 Å². The minimum Gasteiger partial charge on any atom is -0.467 e. The Hall–Kier alpha value is -2.96. The van der Waals surface area contributed by atoms with Crippen molar-refractivity contribution >= 4 is 11.9 Å². The molecule has 7 heteroatoms. The third-order valence-corrected chi connectivity index (χ3v) is 3.18. The average Bonchev–Trinajstić information content (AvgIpc) is 2.56. The Balaban J connectivity index is 2.18. The quantitative estimate of drug-likeness (QED) is 0.815. The van der Waals surface area contributed by atoms with Crippen LogP contribution in [0.1, 0.15) is 23.0 Å². The molecule has 0 saturated heterocycles. The van der Waals surface area contributed by atoms with Crippen LogP contribution in [0, 0.1) is 0 Å². The Kier molecular flexibility index (Phi) is 5.24. The number of amides is 1. The number of rotatable bonds is 5.